The summed E-state index contributed by atoms with van der Waals surface area (Å²) in [7, 11) is 0. The third kappa shape index (κ3) is 2.12. The number of hydrogen-bond donors (Lipinski definition) is 1. The predicted octanol–water partition coefficient (Wildman–Crippen LogP) is 2.39. The van der Waals surface area contributed by atoms with Crippen molar-refractivity contribution in [2.24, 2.45) is 0 Å². The zero-order chi connectivity index (χ0) is 11.7. The normalized spacial score (nSPS) is 10.4. The van der Waals surface area contributed by atoms with Crippen LogP contribution in [-0.2, 0) is 0 Å². The highest BCUT2D eigenvalue weighted by atomic mass is 35.5. The molecule has 2 N–H and O–H groups in total. The van der Waals surface area contributed by atoms with Crippen LogP contribution in [0.3, 0.4) is 0 Å². The molecule has 0 bridgehead atoms. The highest BCUT2D eigenvalue weighted by Crippen LogP contribution is 2.22. The molecule has 1 aromatic carbocycles. The van der Waals surface area contributed by atoms with Crippen LogP contribution in [0.1, 0.15) is 11.1 Å². The Hall–Kier alpha value is -1.68. The van der Waals surface area contributed by atoms with Crippen LogP contribution in [0, 0.1) is 13.8 Å². The molecular weight excluding hydrogens is 224 g/mol. The Labute approximate surface area is 98.5 Å². The van der Waals surface area contributed by atoms with E-state index in [0.717, 1.165) is 11.1 Å². The monoisotopic (exact) mass is 234 g/mol. The van der Waals surface area contributed by atoms with E-state index < -0.39 is 0 Å². The fourth-order valence-corrected chi connectivity index (χ4v) is 1.72. The van der Waals surface area contributed by atoms with Gasteiger partial charge < -0.3 is 5.73 Å². The summed E-state index contributed by atoms with van der Waals surface area (Å²) in [6.07, 6.45) is 0. The molecule has 0 atom stereocenters. The molecule has 4 nitrogen and oxygen atoms in total. The number of aryl methyl sites for hydroxylation is 2. The highest BCUT2D eigenvalue weighted by Gasteiger charge is 2.07. The van der Waals surface area contributed by atoms with Crippen molar-refractivity contribution in [2.75, 3.05) is 5.73 Å². The molecule has 2 aromatic rings. The van der Waals surface area contributed by atoms with Gasteiger partial charge in [-0.2, -0.15) is 15.0 Å². The van der Waals surface area contributed by atoms with Gasteiger partial charge in [0, 0.05) is 5.56 Å². The maximum atomic E-state index is 5.74. The van der Waals surface area contributed by atoms with E-state index in [1.54, 1.807) is 0 Å². The fourth-order valence-electron chi connectivity index (χ4n) is 1.55. The van der Waals surface area contributed by atoms with Crippen LogP contribution in [0.5, 0.6) is 0 Å². The smallest absolute Gasteiger partial charge is 0.227 e. The molecule has 82 valence electrons. The average molecular weight is 235 g/mol. The molecule has 0 saturated carbocycles. The molecule has 0 saturated heterocycles. The van der Waals surface area contributed by atoms with Gasteiger partial charge in [0.25, 0.3) is 0 Å². The van der Waals surface area contributed by atoms with Crippen LogP contribution >= 0.6 is 11.6 Å². The topological polar surface area (TPSA) is 64.7 Å². The van der Waals surface area contributed by atoms with Crippen LogP contribution in [0.15, 0.2) is 18.2 Å². The Morgan fingerprint density at radius 1 is 1.12 bits per heavy atom. The van der Waals surface area contributed by atoms with Gasteiger partial charge in [-0.1, -0.05) is 23.8 Å². The van der Waals surface area contributed by atoms with Gasteiger partial charge in [-0.05, 0) is 31.0 Å². The van der Waals surface area contributed by atoms with Crippen molar-refractivity contribution in [1.29, 1.82) is 0 Å². The van der Waals surface area contributed by atoms with E-state index in [1.807, 2.05) is 26.0 Å². The van der Waals surface area contributed by atoms with Gasteiger partial charge in [0.1, 0.15) is 0 Å². The highest BCUT2D eigenvalue weighted by molar-refractivity contribution is 6.28. The molecule has 0 unspecified atom stereocenters. The van der Waals surface area contributed by atoms with E-state index in [-0.39, 0.29) is 11.2 Å². The third-order valence-corrected chi connectivity index (χ3v) is 2.42. The summed E-state index contributed by atoms with van der Waals surface area (Å²) in [5.74, 6) is 0.643. The maximum Gasteiger partial charge on any atom is 0.227 e. The number of nitrogen functional groups attached to an aromatic ring is 1. The van der Waals surface area contributed by atoms with Crippen molar-refractivity contribution in [3.05, 3.63) is 34.6 Å². The fraction of sp³-hybridized carbons (Fsp3) is 0.182. The summed E-state index contributed by atoms with van der Waals surface area (Å²) in [5, 5.41) is 0.113. The standard InChI is InChI=1S/C11H11ClN4/c1-6-3-4-8(7(2)5-6)9-14-10(12)16-11(13)15-9/h3-5H,1-2H3,(H2,13,14,15,16). The second-order valence-corrected chi connectivity index (χ2v) is 3.94. The van der Waals surface area contributed by atoms with Crippen molar-refractivity contribution < 1.29 is 0 Å². The van der Waals surface area contributed by atoms with Crippen LogP contribution in [0.4, 0.5) is 5.95 Å². The molecule has 0 amide bonds. The van der Waals surface area contributed by atoms with E-state index in [2.05, 4.69) is 21.0 Å². The average Bonchev–Trinajstić information content (AvgIpc) is 2.15. The van der Waals surface area contributed by atoms with Gasteiger partial charge in [0.2, 0.25) is 11.2 Å². The first-order valence-electron chi connectivity index (χ1n) is 4.81. The van der Waals surface area contributed by atoms with E-state index >= 15 is 0 Å². The first kappa shape index (κ1) is 10.8. The quantitative estimate of drug-likeness (QED) is 0.823. The molecule has 1 aromatic heterocycles. The summed E-state index contributed by atoms with van der Waals surface area (Å²) in [6.45, 7) is 4.03. The minimum atomic E-state index is 0.113. The van der Waals surface area contributed by atoms with Crippen molar-refractivity contribution in [3.63, 3.8) is 0 Å². The molecule has 5 heteroatoms. The summed E-state index contributed by atoms with van der Waals surface area (Å²) in [4.78, 5) is 11.9. The Kier molecular flexibility index (Phi) is 2.75. The lowest BCUT2D eigenvalue weighted by molar-refractivity contribution is 1.07. The minimum absolute atomic E-state index is 0.113. The van der Waals surface area contributed by atoms with Gasteiger partial charge in [0.05, 0.1) is 0 Å². The minimum Gasteiger partial charge on any atom is -0.368 e. The molecule has 0 aliphatic carbocycles. The van der Waals surface area contributed by atoms with E-state index in [0.29, 0.717) is 5.82 Å². The number of nitrogens with zero attached hydrogens (tertiary/aromatic N) is 3. The Morgan fingerprint density at radius 2 is 1.88 bits per heavy atom. The lowest BCUT2D eigenvalue weighted by Gasteiger charge is -2.05. The molecule has 1 heterocycles. The number of aromatic nitrogens is 3. The van der Waals surface area contributed by atoms with Gasteiger partial charge in [0.15, 0.2) is 5.82 Å². The lowest BCUT2D eigenvalue weighted by atomic mass is 10.1. The first-order valence-corrected chi connectivity index (χ1v) is 5.19. The summed E-state index contributed by atoms with van der Waals surface area (Å²) in [5.41, 5.74) is 8.72. The molecule has 0 radical (unpaired) electrons. The molecule has 0 spiro atoms. The second-order valence-electron chi connectivity index (χ2n) is 3.60. The molecule has 2 rings (SSSR count). The van der Waals surface area contributed by atoms with Gasteiger partial charge in [-0.25, -0.2) is 0 Å². The summed E-state index contributed by atoms with van der Waals surface area (Å²) >= 11 is 5.74. The van der Waals surface area contributed by atoms with Crippen LogP contribution in [0.25, 0.3) is 11.4 Å². The number of benzene rings is 1. The Morgan fingerprint density at radius 3 is 2.50 bits per heavy atom. The number of hydrogen-bond acceptors (Lipinski definition) is 4. The lowest BCUT2D eigenvalue weighted by Crippen LogP contribution is -2.00. The Balaban J connectivity index is 2.58. The molecule has 16 heavy (non-hydrogen) atoms. The summed E-state index contributed by atoms with van der Waals surface area (Å²) < 4.78 is 0. The van der Waals surface area contributed by atoms with Crippen molar-refractivity contribution in [3.8, 4) is 11.4 Å². The van der Waals surface area contributed by atoms with E-state index in [1.165, 1.54) is 5.56 Å². The number of rotatable bonds is 1. The molecule has 0 aliphatic heterocycles. The van der Waals surface area contributed by atoms with E-state index in [9.17, 15) is 0 Å². The zero-order valence-corrected chi connectivity index (χ0v) is 9.78. The van der Waals surface area contributed by atoms with E-state index in [4.69, 9.17) is 17.3 Å². The maximum absolute atomic E-state index is 5.74. The van der Waals surface area contributed by atoms with Gasteiger partial charge in [-0.15, -0.1) is 0 Å². The van der Waals surface area contributed by atoms with Crippen LogP contribution in [0.2, 0.25) is 5.28 Å². The number of halogens is 1. The van der Waals surface area contributed by atoms with Crippen LogP contribution in [-0.4, -0.2) is 15.0 Å². The molecular formula is C11H11ClN4. The largest absolute Gasteiger partial charge is 0.368 e. The SMILES string of the molecule is Cc1ccc(-c2nc(N)nc(Cl)n2)c(C)c1. The van der Waals surface area contributed by atoms with Crippen molar-refractivity contribution in [2.45, 2.75) is 13.8 Å². The zero-order valence-electron chi connectivity index (χ0n) is 9.03. The van der Waals surface area contributed by atoms with Crippen LogP contribution < -0.4 is 5.73 Å². The first-order chi connectivity index (χ1) is 7.56. The molecule has 0 aliphatic rings. The number of nitrogens with two attached hydrogens (primary N) is 1. The predicted molar refractivity (Wildman–Crippen MR) is 64.2 cm³/mol. The summed E-state index contributed by atoms with van der Waals surface area (Å²) in [6, 6.07) is 6.01. The second kappa shape index (κ2) is 4.06. The van der Waals surface area contributed by atoms with Crippen molar-refractivity contribution >= 4 is 17.5 Å². The Bertz CT molecular complexity index is 519. The van der Waals surface area contributed by atoms with Gasteiger partial charge >= 0.3 is 0 Å². The van der Waals surface area contributed by atoms with Gasteiger partial charge in [-0.3, -0.25) is 0 Å². The third-order valence-electron chi connectivity index (χ3n) is 2.25. The van der Waals surface area contributed by atoms with Crippen molar-refractivity contribution in [1.82, 2.24) is 15.0 Å². The number of anilines is 1. The molecule has 0 fully saturated rings.